The van der Waals surface area contributed by atoms with Crippen molar-refractivity contribution < 1.29 is 26.4 Å². The normalized spacial score (nSPS) is 19.3. The maximum Gasteiger partial charge on any atom is 0.416 e. The summed E-state index contributed by atoms with van der Waals surface area (Å²) in [5.41, 5.74) is -1.07. The van der Waals surface area contributed by atoms with E-state index in [-0.39, 0.29) is 18.0 Å². The molecular formula is C13H15F3N2O3S. The lowest BCUT2D eigenvalue weighted by atomic mass is 10.1. The van der Waals surface area contributed by atoms with E-state index in [1.165, 1.54) is 6.92 Å². The number of pyridine rings is 1. The highest BCUT2D eigenvalue weighted by molar-refractivity contribution is 7.91. The second kappa shape index (κ2) is 5.86. The minimum atomic E-state index is -4.64. The monoisotopic (exact) mass is 336 g/mol. The Hall–Kier alpha value is -1.64. The summed E-state index contributed by atoms with van der Waals surface area (Å²) in [4.78, 5) is 15.1. The first-order chi connectivity index (χ1) is 10.1. The van der Waals surface area contributed by atoms with Crippen molar-refractivity contribution in [2.75, 3.05) is 12.3 Å². The van der Waals surface area contributed by atoms with Crippen LogP contribution in [0.2, 0.25) is 0 Å². The highest BCUT2D eigenvalue weighted by Gasteiger charge is 2.33. The van der Waals surface area contributed by atoms with Crippen LogP contribution in [-0.2, 0) is 20.8 Å². The Labute approximate surface area is 125 Å². The fraction of sp³-hybridized carbons (Fsp3) is 0.538. The Balaban J connectivity index is 2.22. The van der Waals surface area contributed by atoms with E-state index in [1.807, 2.05) is 0 Å². The van der Waals surface area contributed by atoms with E-state index in [2.05, 4.69) is 10.3 Å². The molecule has 1 aliphatic rings. The predicted octanol–water partition coefficient (Wildman–Crippen LogP) is 1.71. The van der Waals surface area contributed by atoms with E-state index in [4.69, 9.17) is 0 Å². The standard InChI is InChI=1S/C13H15F3N2O3S/c1-8-6-10(13(14,15)16)7-11(18-8)22(20,21)5-3-9-2-4-17-12(9)19/h6-7,9H,2-5H2,1H3,(H,17,19). The molecular weight excluding hydrogens is 321 g/mol. The third-order valence-electron chi connectivity index (χ3n) is 3.47. The van der Waals surface area contributed by atoms with Crippen molar-refractivity contribution in [3.63, 3.8) is 0 Å². The predicted molar refractivity (Wildman–Crippen MR) is 71.8 cm³/mol. The van der Waals surface area contributed by atoms with Crippen LogP contribution in [0.3, 0.4) is 0 Å². The zero-order valence-corrected chi connectivity index (χ0v) is 12.6. The first kappa shape index (κ1) is 16.7. The van der Waals surface area contributed by atoms with Gasteiger partial charge in [0.15, 0.2) is 14.9 Å². The van der Waals surface area contributed by atoms with Crippen molar-refractivity contribution in [2.24, 2.45) is 5.92 Å². The van der Waals surface area contributed by atoms with Crippen molar-refractivity contribution in [1.82, 2.24) is 10.3 Å². The zero-order chi connectivity index (χ0) is 16.5. The number of carbonyl (C=O) groups excluding carboxylic acids is 1. The minimum Gasteiger partial charge on any atom is -0.356 e. The number of sulfone groups is 1. The molecule has 2 heterocycles. The number of hydrogen-bond acceptors (Lipinski definition) is 4. The van der Waals surface area contributed by atoms with Crippen LogP contribution in [0.4, 0.5) is 13.2 Å². The van der Waals surface area contributed by atoms with Gasteiger partial charge in [0, 0.05) is 18.2 Å². The molecule has 2 rings (SSSR count). The Kier molecular flexibility index (Phi) is 4.46. The molecule has 0 spiro atoms. The Morgan fingerprint density at radius 2 is 2.05 bits per heavy atom. The fourth-order valence-electron chi connectivity index (χ4n) is 2.28. The van der Waals surface area contributed by atoms with Crippen molar-refractivity contribution in [3.8, 4) is 0 Å². The molecule has 22 heavy (non-hydrogen) atoms. The molecule has 0 aliphatic carbocycles. The fourth-order valence-corrected chi connectivity index (χ4v) is 3.68. The van der Waals surface area contributed by atoms with Gasteiger partial charge in [-0.1, -0.05) is 0 Å². The molecule has 0 aromatic carbocycles. The van der Waals surface area contributed by atoms with Crippen molar-refractivity contribution in [1.29, 1.82) is 0 Å². The van der Waals surface area contributed by atoms with Gasteiger partial charge in [-0.25, -0.2) is 13.4 Å². The molecule has 0 radical (unpaired) electrons. The van der Waals surface area contributed by atoms with Crippen LogP contribution < -0.4 is 5.32 Å². The molecule has 1 atom stereocenters. The summed E-state index contributed by atoms with van der Waals surface area (Å²) in [6.45, 7) is 1.79. The SMILES string of the molecule is Cc1cc(C(F)(F)F)cc(S(=O)(=O)CCC2CCNC2=O)n1. The quantitative estimate of drug-likeness (QED) is 0.908. The van der Waals surface area contributed by atoms with E-state index >= 15 is 0 Å². The smallest absolute Gasteiger partial charge is 0.356 e. The van der Waals surface area contributed by atoms with Crippen molar-refractivity contribution >= 4 is 15.7 Å². The van der Waals surface area contributed by atoms with Gasteiger partial charge in [0.1, 0.15) is 0 Å². The summed E-state index contributed by atoms with van der Waals surface area (Å²) in [7, 11) is -3.97. The highest BCUT2D eigenvalue weighted by atomic mass is 32.2. The van der Waals surface area contributed by atoms with E-state index in [0.717, 1.165) is 6.07 Å². The van der Waals surface area contributed by atoms with Crippen LogP contribution in [0.1, 0.15) is 24.1 Å². The number of alkyl halides is 3. The van der Waals surface area contributed by atoms with Gasteiger partial charge in [-0.2, -0.15) is 13.2 Å². The number of carbonyl (C=O) groups is 1. The summed E-state index contributed by atoms with van der Waals surface area (Å²) in [5, 5.41) is 1.99. The molecule has 0 saturated carbocycles. The molecule has 1 N–H and O–H groups in total. The van der Waals surface area contributed by atoms with Crippen LogP contribution in [0.25, 0.3) is 0 Å². The van der Waals surface area contributed by atoms with Gasteiger partial charge < -0.3 is 5.32 Å². The summed E-state index contributed by atoms with van der Waals surface area (Å²) in [5.74, 6) is -1.04. The van der Waals surface area contributed by atoms with Gasteiger partial charge in [-0.05, 0) is 31.9 Å². The van der Waals surface area contributed by atoms with E-state index in [0.29, 0.717) is 19.0 Å². The van der Waals surface area contributed by atoms with Gasteiger partial charge in [-0.3, -0.25) is 4.79 Å². The van der Waals surface area contributed by atoms with Gasteiger partial charge in [0.05, 0.1) is 11.3 Å². The van der Waals surface area contributed by atoms with Crippen molar-refractivity contribution in [3.05, 3.63) is 23.4 Å². The molecule has 1 unspecified atom stereocenters. The van der Waals surface area contributed by atoms with Gasteiger partial charge in [0.25, 0.3) is 0 Å². The van der Waals surface area contributed by atoms with E-state index in [1.54, 1.807) is 0 Å². The molecule has 1 aromatic rings. The van der Waals surface area contributed by atoms with Gasteiger partial charge in [0.2, 0.25) is 5.91 Å². The molecule has 122 valence electrons. The Bertz CT molecular complexity index is 686. The molecule has 1 aromatic heterocycles. The highest BCUT2D eigenvalue weighted by Crippen LogP contribution is 2.31. The van der Waals surface area contributed by atoms with Crippen LogP contribution in [0.15, 0.2) is 17.2 Å². The number of rotatable bonds is 4. The average molecular weight is 336 g/mol. The number of nitrogens with one attached hydrogen (secondary N) is 1. The molecule has 9 heteroatoms. The van der Waals surface area contributed by atoms with Crippen molar-refractivity contribution in [2.45, 2.75) is 31.0 Å². The zero-order valence-electron chi connectivity index (χ0n) is 11.8. The number of halogens is 3. The lowest BCUT2D eigenvalue weighted by Gasteiger charge is -2.11. The van der Waals surface area contributed by atoms with Crippen LogP contribution in [-0.4, -0.2) is 31.6 Å². The maximum absolute atomic E-state index is 12.7. The Morgan fingerprint density at radius 3 is 2.59 bits per heavy atom. The Morgan fingerprint density at radius 1 is 1.36 bits per heavy atom. The molecule has 1 aliphatic heterocycles. The van der Waals surface area contributed by atoms with Crippen LogP contribution in [0.5, 0.6) is 0 Å². The first-order valence-electron chi connectivity index (χ1n) is 6.66. The minimum absolute atomic E-state index is 0.0213. The van der Waals surface area contributed by atoms with Crippen LogP contribution in [0, 0.1) is 12.8 Å². The van der Waals surface area contributed by atoms with E-state index < -0.39 is 38.3 Å². The third-order valence-corrected chi connectivity index (χ3v) is 5.09. The number of amides is 1. The second-order valence-corrected chi connectivity index (χ2v) is 7.27. The first-order valence-corrected chi connectivity index (χ1v) is 8.31. The average Bonchev–Trinajstić information content (AvgIpc) is 2.80. The van der Waals surface area contributed by atoms with E-state index in [9.17, 15) is 26.4 Å². The lowest BCUT2D eigenvalue weighted by molar-refractivity contribution is -0.137. The number of nitrogens with zero attached hydrogens (tertiary/aromatic N) is 1. The largest absolute Gasteiger partial charge is 0.416 e. The number of hydrogen-bond donors (Lipinski definition) is 1. The van der Waals surface area contributed by atoms with Crippen LogP contribution >= 0.6 is 0 Å². The summed E-state index contributed by atoms with van der Waals surface area (Å²) >= 11 is 0. The molecule has 1 fully saturated rings. The summed E-state index contributed by atoms with van der Waals surface area (Å²) < 4.78 is 62.6. The molecule has 0 bridgehead atoms. The number of aryl methyl sites for hydroxylation is 1. The third kappa shape index (κ3) is 3.76. The lowest BCUT2D eigenvalue weighted by Crippen LogP contribution is -2.21. The molecule has 1 saturated heterocycles. The number of aromatic nitrogens is 1. The summed E-state index contributed by atoms with van der Waals surface area (Å²) in [6.07, 6.45) is -4.03. The summed E-state index contributed by atoms with van der Waals surface area (Å²) in [6, 6.07) is 1.33. The molecule has 1 amide bonds. The molecule has 5 nitrogen and oxygen atoms in total. The topological polar surface area (TPSA) is 76.1 Å². The second-order valence-electron chi connectivity index (χ2n) is 5.22. The van der Waals surface area contributed by atoms with Gasteiger partial charge >= 0.3 is 6.18 Å². The van der Waals surface area contributed by atoms with Gasteiger partial charge in [-0.15, -0.1) is 0 Å². The maximum atomic E-state index is 12.7.